The number of ether oxygens (including phenoxy) is 1. The number of aryl methyl sites for hydroxylation is 2. The first-order valence-corrected chi connectivity index (χ1v) is 7.99. The van der Waals surface area contributed by atoms with Crippen molar-refractivity contribution >= 4 is 0 Å². The minimum Gasteiger partial charge on any atom is -0.383 e. The summed E-state index contributed by atoms with van der Waals surface area (Å²) in [6.07, 6.45) is 1.15. The van der Waals surface area contributed by atoms with Gasteiger partial charge in [-0.3, -0.25) is 4.90 Å². The summed E-state index contributed by atoms with van der Waals surface area (Å²) in [5.74, 6) is 0. The number of likely N-dealkylation sites (N-methyl/N-ethyl adjacent to an activating group) is 1. The predicted molar refractivity (Wildman–Crippen MR) is 90.9 cm³/mol. The van der Waals surface area contributed by atoms with Crippen LogP contribution in [0.5, 0.6) is 0 Å². The van der Waals surface area contributed by atoms with Gasteiger partial charge < -0.3 is 10.1 Å². The van der Waals surface area contributed by atoms with E-state index in [0.717, 1.165) is 26.1 Å². The zero-order chi connectivity index (χ0) is 15.8. The van der Waals surface area contributed by atoms with E-state index >= 15 is 0 Å². The fraction of sp³-hybridized carbons (Fsp3) is 0.667. The van der Waals surface area contributed by atoms with Crippen LogP contribution in [0.1, 0.15) is 43.0 Å². The van der Waals surface area contributed by atoms with Crippen molar-refractivity contribution in [3.8, 4) is 0 Å². The highest BCUT2D eigenvalue weighted by molar-refractivity contribution is 5.33. The van der Waals surface area contributed by atoms with Crippen LogP contribution in [0.3, 0.4) is 0 Å². The summed E-state index contributed by atoms with van der Waals surface area (Å²) >= 11 is 0. The Morgan fingerprint density at radius 3 is 2.57 bits per heavy atom. The molecule has 120 valence electrons. The molecule has 0 saturated carbocycles. The second kappa shape index (κ2) is 9.19. The van der Waals surface area contributed by atoms with E-state index in [0.29, 0.717) is 12.1 Å². The number of benzene rings is 1. The molecule has 0 spiro atoms. The molecule has 0 bridgehead atoms. The summed E-state index contributed by atoms with van der Waals surface area (Å²) in [7, 11) is 3.94. The van der Waals surface area contributed by atoms with Crippen LogP contribution in [0.4, 0.5) is 0 Å². The molecule has 0 aliphatic heterocycles. The zero-order valence-electron chi connectivity index (χ0n) is 14.6. The number of nitrogens with one attached hydrogen (secondary N) is 1. The van der Waals surface area contributed by atoms with Gasteiger partial charge in [-0.05, 0) is 51.9 Å². The zero-order valence-corrected chi connectivity index (χ0v) is 14.6. The summed E-state index contributed by atoms with van der Waals surface area (Å²) in [6.45, 7) is 11.6. The molecule has 0 amide bonds. The molecule has 3 nitrogen and oxygen atoms in total. The van der Waals surface area contributed by atoms with Gasteiger partial charge in [-0.15, -0.1) is 0 Å². The monoisotopic (exact) mass is 292 g/mol. The summed E-state index contributed by atoms with van der Waals surface area (Å²) in [6, 6.07) is 7.55. The Balaban J connectivity index is 2.84. The maximum absolute atomic E-state index is 5.27. The second-order valence-corrected chi connectivity index (χ2v) is 6.11. The van der Waals surface area contributed by atoms with Crippen molar-refractivity contribution in [2.45, 2.75) is 46.2 Å². The summed E-state index contributed by atoms with van der Waals surface area (Å²) in [4.78, 5) is 2.37. The van der Waals surface area contributed by atoms with Gasteiger partial charge in [0.1, 0.15) is 0 Å². The largest absolute Gasteiger partial charge is 0.383 e. The van der Waals surface area contributed by atoms with Crippen LogP contribution < -0.4 is 5.32 Å². The third-order valence-corrected chi connectivity index (χ3v) is 4.07. The van der Waals surface area contributed by atoms with Gasteiger partial charge in [-0.2, -0.15) is 0 Å². The van der Waals surface area contributed by atoms with E-state index in [1.807, 2.05) is 0 Å². The molecule has 0 saturated heterocycles. The molecule has 0 aliphatic carbocycles. The van der Waals surface area contributed by atoms with Crippen molar-refractivity contribution in [2.75, 3.05) is 33.9 Å². The molecule has 21 heavy (non-hydrogen) atoms. The Labute approximate surface area is 130 Å². The highest BCUT2D eigenvalue weighted by atomic mass is 16.5. The molecule has 2 atom stereocenters. The third kappa shape index (κ3) is 5.77. The first-order valence-electron chi connectivity index (χ1n) is 7.99. The van der Waals surface area contributed by atoms with Gasteiger partial charge in [0.05, 0.1) is 6.61 Å². The Kier molecular flexibility index (Phi) is 7.94. The third-order valence-electron chi connectivity index (χ3n) is 4.07. The van der Waals surface area contributed by atoms with Crippen LogP contribution in [0, 0.1) is 13.8 Å². The van der Waals surface area contributed by atoms with Crippen molar-refractivity contribution in [2.24, 2.45) is 0 Å². The maximum Gasteiger partial charge on any atom is 0.0615 e. The number of hydrogen-bond donors (Lipinski definition) is 1. The summed E-state index contributed by atoms with van der Waals surface area (Å²) < 4.78 is 5.27. The molecule has 1 N–H and O–H groups in total. The number of hydrogen-bond acceptors (Lipinski definition) is 3. The van der Waals surface area contributed by atoms with E-state index in [2.05, 4.69) is 63.2 Å². The van der Waals surface area contributed by atoms with E-state index in [4.69, 9.17) is 4.74 Å². The van der Waals surface area contributed by atoms with Crippen molar-refractivity contribution < 1.29 is 4.74 Å². The van der Waals surface area contributed by atoms with Crippen LogP contribution in [0.25, 0.3) is 0 Å². The van der Waals surface area contributed by atoms with E-state index in [1.165, 1.54) is 16.7 Å². The minimum absolute atomic E-state index is 0.370. The van der Waals surface area contributed by atoms with Gasteiger partial charge in [0.25, 0.3) is 0 Å². The number of rotatable bonds is 9. The first kappa shape index (κ1) is 18.1. The lowest BCUT2D eigenvalue weighted by molar-refractivity contribution is 0.109. The highest BCUT2D eigenvalue weighted by Crippen LogP contribution is 2.20. The van der Waals surface area contributed by atoms with Gasteiger partial charge in [-0.25, -0.2) is 0 Å². The van der Waals surface area contributed by atoms with Gasteiger partial charge in [0, 0.05) is 25.7 Å². The molecule has 0 aliphatic rings. The average Bonchev–Trinajstić information content (AvgIpc) is 2.44. The molecule has 0 radical (unpaired) electrons. The molecule has 0 heterocycles. The minimum atomic E-state index is 0.370. The van der Waals surface area contributed by atoms with E-state index in [9.17, 15) is 0 Å². The topological polar surface area (TPSA) is 24.5 Å². The van der Waals surface area contributed by atoms with Crippen molar-refractivity contribution in [3.05, 3.63) is 34.9 Å². The van der Waals surface area contributed by atoms with E-state index < -0.39 is 0 Å². The van der Waals surface area contributed by atoms with Crippen LogP contribution in [0.15, 0.2) is 18.2 Å². The summed E-state index contributed by atoms with van der Waals surface area (Å²) in [5, 5.41) is 3.69. The fourth-order valence-corrected chi connectivity index (χ4v) is 2.64. The van der Waals surface area contributed by atoms with Crippen molar-refractivity contribution in [1.82, 2.24) is 10.2 Å². The molecule has 2 unspecified atom stereocenters. The molecule has 3 heteroatoms. The second-order valence-electron chi connectivity index (χ2n) is 6.11. The van der Waals surface area contributed by atoms with E-state index in [-0.39, 0.29) is 0 Å². The molecular formula is C18H32N2O. The molecule has 0 aromatic heterocycles. The maximum atomic E-state index is 5.27. The fourth-order valence-electron chi connectivity index (χ4n) is 2.64. The van der Waals surface area contributed by atoms with Crippen LogP contribution in [-0.2, 0) is 4.74 Å². The Morgan fingerprint density at radius 2 is 2.00 bits per heavy atom. The number of methoxy groups -OCH3 is 1. The van der Waals surface area contributed by atoms with Gasteiger partial charge in [0.15, 0.2) is 0 Å². The lowest BCUT2D eigenvalue weighted by Crippen LogP contribution is -2.40. The lowest BCUT2D eigenvalue weighted by Gasteiger charge is -2.30. The molecular weight excluding hydrogens is 260 g/mol. The lowest BCUT2D eigenvalue weighted by atomic mass is 9.98. The molecule has 1 rings (SSSR count). The summed E-state index contributed by atoms with van der Waals surface area (Å²) in [5.41, 5.74) is 4.11. The highest BCUT2D eigenvalue weighted by Gasteiger charge is 2.18. The molecule has 1 aromatic rings. The smallest absolute Gasteiger partial charge is 0.0615 e. The SMILES string of the molecule is CCCNC(CN(C)C(C)COC)c1ccc(C)cc1C. The predicted octanol–water partition coefficient (Wildman–Crippen LogP) is 3.31. The normalized spacial score (nSPS) is 14.4. The van der Waals surface area contributed by atoms with Crippen LogP contribution >= 0.6 is 0 Å². The average molecular weight is 292 g/mol. The first-order chi connectivity index (χ1) is 9.99. The molecule has 0 fully saturated rings. The number of nitrogens with zero attached hydrogens (tertiary/aromatic N) is 1. The van der Waals surface area contributed by atoms with E-state index in [1.54, 1.807) is 7.11 Å². The van der Waals surface area contributed by atoms with Crippen molar-refractivity contribution in [3.63, 3.8) is 0 Å². The van der Waals surface area contributed by atoms with Crippen LogP contribution in [0.2, 0.25) is 0 Å². The Hall–Kier alpha value is -0.900. The Bertz CT molecular complexity index is 420. The van der Waals surface area contributed by atoms with Gasteiger partial charge in [0.2, 0.25) is 0 Å². The Morgan fingerprint density at radius 1 is 1.29 bits per heavy atom. The van der Waals surface area contributed by atoms with Gasteiger partial charge >= 0.3 is 0 Å². The quantitative estimate of drug-likeness (QED) is 0.756. The van der Waals surface area contributed by atoms with Gasteiger partial charge in [-0.1, -0.05) is 30.7 Å². The molecule has 1 aromatic carbocycles. The van der Waals surface area contributed by atoms with Crippen molar-refractivity contribution in [1.29, 1.82) is 0 Å². The standard InChI is InChI=1S/C18H32N2O/c1-7-10-19-18(12-20(5)16(4)13-21-6)17-9-8-14(2)11-15(17)3/h8-9,11,16,18-19H,7,10,12-13H2,1-6H3. The van der Waals surface area contributed by atoms with Crippen LogP contribution in [-0.4, -0.2) is 44.8 Å².